The molecule has 9 heteroatoms. The molecule has 8 nitrogen and oxygen atoms in total. The van der Waals surface area contributed by atoms with Gasteiger partial charge in [-0.15, -0.1) is 0 Å². The van der Waals surface area contributed by atoms with Gasteiger partial charge in [-0.1, -0.05) is 5.16 Å². The van der Waals surface area contributed by atoms with Gasteiger partial charge in [-0.05, 0) is 37.6 Å². The number of benzene rings is 1. The fourth-order valence-corrected chi connectivity index (χ4v) is 3.87. The maximum atomic E-state index is 13.5. The molecule has 0 radical (unpaired) electrons. The quantitative estimate of drug-likeness (QED) is 0.733. The van der Waals surface area contributed by atoms with Crippen LogP contribution in [0.25, 0.3) is 11.4 Å². The number of amides is 1. The molecule has 2 aliphatic rings. The van der Waals surface area contributed by atoms with E-state index >= 15 is 0 Å². The summed E-state index contributed by atoms with van der Waals surface area (Å²) in [4.78, 5) is 23.4. The van der Waals surface area contributed by atoms with Crippen LogP contribution in [0, 0.1) is 12.7 Å². The Kier molecular flexibility index (Phi) is 6.40. The fraction of sp³-hybridized carbons (Fsp3) is 0.571. The zero-order chi connectivity index (χ0) is 21.1. The van der Waals surface area contributed by atoms with E-state index in [0.717, 1.165) is 31.7 Å². The molecule has 0 spiro atoms. The summed E-state index contributed by atoms with van der Waals surface area (Å²) >= 11 is 0. The van der Waals surface area contributed by atoms with E-state index in [1.165, 1.54) is 6.07 Å². The summed E-state index contributed by atoms with van der Waals surface area (Å²) in [6.07, 6.45) is 0. The van der Waals surface area contributed by atoms with Crippen LogP contribution < -0.4 is 0 Å². The average molecular weight is 417 g/mol. The van der Waals surface area contributed by atoms with E-state index in [1.807, 2.05) is 11.8 Å². The van der Waals surface area contributed by atoms with Crippen LogP contribution in [-0.4, -0.2) is 89.8 Å². The van der Waals surface area contributed by atoms with Crippen LogP contribution in [-0.2, 0) is 9.53 Å². The number of piperazine rings is 1. The second-order valence-corrected chi connectivity index (χ2v) is 7.90. The summed E-state index contributed by atoms with van der Waals surface area (Å²) < 4.78 is 24.3. The predicted molar refractivity (Wildman–Crippen MR) is 108 cm³/mol. The summed E-state index contributed by atoms with van der Waals surface area (Å²) in [6, 6.07) is 4.73. The molecule has 1 aromatic heterocycles. The van der Waals surface area contributed by atoms with E-state index in [2.05, 4.69) is 19.9 Å². The molecule has 4 rings (SSSR count). The molecule has 1 unspecified atom stereocenters. The predicted octanol–water partition coefficient (Wildman–Crippen LogP) is 1.72. The van der Waals surface area contributed by atoms with Gasteiger partial charge < -0.3 is 14.2 Å². The number of hydrogen-bond acceptors (Lipinski definition) is 7. The molecule has 1 aromatic carbocycles. The highest BCUT2D eigenvalue weighted by Gasteiger charge is 2.28. The molecule has 2 aromatic rings. The lowest BCUT2D eigenvalue weighted by Gasteiger charge is -2.38. The van der Waals surface area contributed by atoms with Gasteiger partial charge in [0.2, 0.25) is 17.6 Å². The van der Waals surface area contributed by atoms with Crippen molar-refractivity contribution in [2.45, 2.75) is 19.9 Å². The topological polar surface area (TPSA) is 74.9 Å². The van der Waals surface area contributed by atoms with Crippen LogP contribution in [0.3, 0.4) is 0 Å². The zero-order valence-corrected chi connectivity index (χ0v) is 17.5. The van der Waals surface area contributed by atoms with Gasteiger partial charge >= 0.3 is 0 Å². The first-order chi connectivity index (χ1) is 14.5. The number of morpholine rings is 1. The second kappa shape index (κ2) is 9.20. The minimum atomic E-state index is -0.253. The third-order valence-electron chi connectivity index (χ3n) is 5.89. The SMILES string of the molecule is Cc1cc(-c2noc(C(C)N3CCN(C(=O)CN4CCOCC4)CC3)n2)ccc1F. The molecule has 2 saturated heterocycles. The molecule has 0 saturated carbocycles. The van der Waals surface area contributed by atoms with Crippen LogP contribution in [0.5, 0.6) is 0 Å². The van der Waals surface area contributed by atoms with Gasteiger partial charge in [-0.25, -0.2) is 4.39 Å². The molecular formula is C21H28FN5O3. The van der Waals surface area contributed by atoms with Crippen molar-refractivity contribution < 1.29 is 18.4 Å². The van der Waals surface area contributed by atoms with E-state index in [-0.39, 0.29) is 17.8 Å². The van der Waals surface area contributed by atoms with Crippen molar-refractivity contribution in [1.82, 2.24) is 24.8 Å². The molecule has 0 N–H and O–H groups in total. The summed E-state index contributed by atoms with van der Waals surface area (Å²) in [7, 11) is 0. The average Bonchev–Trinajstić information content (AvgIpc) is 3.26. The number of hydrogen-bond donors (Lipinski definition) is 0. The van der Waals surface area contributed by atoms with E-state index in [9.17, 15) is 9.18 Å². The fourth-order valence-electron chi connectivity index (χ4n) is 3.87. The Hall–Kier alpha value is -2.36. The van der Waals surface area contributed by atoms with Crippen LogP contribution in [0.4, 0.5) is 4.39 Å². The largest absolute Gasteiger partial charge is 0.379 e. The highest BCUT2D eigenvalue weighted by atomic mass is 19.1. The van der Waals surface area contributed by atoms with Crippen molar-refractivity contribution >= 4 is 5.91 Å². The van der Waals surface area contributed by atoms with Crippen LogP contribution >= 0.6 is 0 Å². The van der Waals surface area contributed by atoms with Gasteiger partial charge in [-0.3, -0.25) is 14.6 Å². The molecule has 3 heterocycles. The summed E-state index contributed by atoms with van der Waals surface area (Å²) in [5.74, 6) is 0.909. The molecular weight excluding hydrogens is 389 g/mol. The molecule has 1 amide bonds. The zero-order valence-electron chi connectivity index (χ0n) is 17.5. The van der Waals surface area contributed by atoms with Crippen LogP contribution in [0.15, 0.2) is 22.7 Å². The van der Waals surface area contributed by atoms with Crippen LogP contribution in [0.2, 0.25) is 0 Å². The first kappa shape index (κ1) is 20.9. The lowest BCUT2D eigenvalue weighted by Crippen LogP contribution is -2.52. The smallest absolute Gasteiger partial charge is 0.244 e. The Bertz CT molecular complexity index is 875. The van der Waals surface area contributed by atoms with Crippen molar-refractivity contribution in [3.05, 3.63) is 35.5 Å². The molecule has 30 heavy (non-hydrogen) atoms. The number of ether oxygens (including phenoxy) is 1. The van der Waals surface area contributed by atoms with Crippen molar-refractivity contribution in [2.24, 2.45) is 0 Å². The minimum absolute atomic E-state index is 0.0516. The van der Waals surface area contributed by atoms with Crippen molar-refractivity contribution in [2.75, 3.05) is 59.0 Å². The molecule has 2 aliphatic heterocycles. The number of rotatable bonds is 5. The van der Waals surface area contributed by atoms with Gasteiger partial charge in [-0.2, -0.15) is 4.98 Å². The number of aryl methyl sites for hydroxylation is 1. The van der Waals surface area contributed by atoms with Crippen LogP contribution in [0.1, 0.15) is 24.4 Å². The second-order valence-electron chi connectivity index (χ2n) is 7.90. The number of aromatic nitrogens is 2. The highest BCUT2D eigenvalue weighted by molar-refractivity contribution is 5.78. The van der Waals surface area contributed by atoms with Gasteiger partial charge in [0.05, 0.1) is 25.8 Å². The maximum Gasteiger partial charge on any atom is 0.244 e. The van der Waals surface area contributed by atoms with E-state index < -0.39 is 0 Å². The van der Waals surface area contributed by atoms with Gasteiger partial charge in [0.25, 0.3) is 0 Å². The van der Waals surface area contributed by atoms with Gasteiger partial charge in [0.15, 0.2) is 0 Å². The molecule has 2 fully saturated rings. The lowest BCUT2D eigenvalue weighted by molar-refractivity contribution is -0.135. The monoisotopic (exact) mass is 417 g/mol. The highest BCUT2D eigenvalue weighted by Crippen LogP contribution is 2.24. The van der Waals surface area contributed by atoms with Gasteiger partial charge in [0.1, 0.15) is 5.82 Å². The molecule has 0 bridgehead atoms. The summed E-state index contributed by atoms with van der Waals surface area (Å²) in [6.45, 7) is 10.1. The van der Waals surface area contributed by atoms with E-state index in [0.29, 0.717) is 50.1 Å². The Morgan fingerprint density at radius 2 is 1.90 bits per heavy atom. The Balaban J connectivity index is 1.32. The number of carbonyl (C=O) groups excluding carboxylic acids is 1. The Morgan fingerprint density at radius 3 is 2.60 bits per heavy atom. The van der Waals surface area contributed by atoms with Crippen molar-refractivity contribution in [3.63, 3.8) is 0 Å². The summed E-state index contributed by atoms with van der Waals surface area (Å²) in [5, 5.41) is 4.07. The molecule has 162 valence electrons. The first-order valence-electron chi connectivity index (χ1n) is 10.4. The summed E-state index contributed by atoms with van der Waals surface area (Å²) in [5.41, 5.74) is 1.28. The standard InChI is InChI=1S/C21H28FN5O3/c1-15-13-17(3-4-18(15)22)20-23-21(30-24-20)16(2)26-5-7-27(8-6-26)19(28)14-25-9-11-29-12-10-25/h3-4,13,16H,5-12,14H2,1-2H3. The lowest BCUT2D eigenvalue weighted by atomic mass is 10.1. The van der Waals surface area contributed by atoms with E-state index in [4.69, 9.17) is 9.26 Å². The molecule has 1 atom stereocenters. The van der Waals surface area contributed by atoms with Crippen molar-refractivity contribution in [1.29, 1.82) is 0 Å². The first-order valence-corrected chi connectivity index (χ1v) is 10.4. The molecule has 0 aliphatic carbocycles. The normalized spacial score (nSPS) is 19.8. The Morgan fingerprint density at radius 1 is 1.17 bits per heavy atom. The third-order valence-corrected chi connectivity index (χ3v) is 5.89. The minimum Gasteiger partial charge on any atom is -0.379 e. The van der Waals surface area contributed by atoms with Crippen molar-refractivity contribution in [3.8, 4) is 11.4 Å². The number of nitrogens with zero attached hydrogens (tertiary/aromatic N) is 5. The van der Waals surface area contributed by atoms with Gasteiger partial charge in [0, 0.05) is 44.8 Å². The Labute approximate surface area is 175 Å². The number of halogens is 1. The number of carbonyl (C=O) groups is 1. The third kappa shape index (κ3) is 4.69. The maximum absolute atomic E-state index is 13.5. The van der Waals surface area contributed by atoms with E-state index in [1.54, 1.807) is 19.1 Å².